The molecular formula is C27H34N4O4S2. The molecule has 37 heavy (non-hydrogen) atoms. The quantitative estimate of drug-likeness (QED) is 0.379. The molecule has 1 saturated heterocycles. The Labute approximate surface area is 223 Å². The number of aromatic nitrogens is 2. The molecule has 0 radical (unpaired) electrons. The van der Waals surface area contributed by atoms with Crippen LogP contribution >= 0.6 is 11.8 Å². The summed E-state index contributed by atoms with van der Waals surface area (Å²) in [5.74, 6) is 0.467. The Kier molecular flexibility index (Phi) is 8.11. The molecule has 1 aliphatic heterocycles. The number of rotatable bonds is 7. The summed E-state index contributed by atoms with van der Waals surface area (Å²) in [6, 6.07) is 12.7. The zero-order valence-corrected chi connectivity index (χ0v) is 23.7. The first kappa shape index (κ1) is 27.3. The molecule has 2 aromatic carbocycles. The fourth-order valence-corrected chi connectivity index (χ4v) is 6.01. The number of hydrogen-bond donors (Lipinski definition) is 0. The fraction of sp³-hybridized carbons (Fsp3) is 0.444. The number of sulfonamides is 1. The highest BCUT2D eigenvalue weighted by Crippen LogP contribution is 2.28. The molecule has 0 bridgehead atoms. The molecule has 1 fully saturated rings. The summed E-state index contributed by atoms with van der Waals surface area (Å²) in [5, 5.41) is 4.04. The summed E-state index contributed by atoms with van der Waals surface area (Å²) in [7, 11) is -2.44. The van der Waals surface area contributed by atoms with Gasteiger partial charge in [-0.3, -0.25) is 4.79 Å². The van der Waals surface area contributed by atoms with Crippen LogP contribution in [0.1, 0.15) is 61.8 Å². The third kappa shape index (κ3) is 6.08. The molecule has 1 aromatic heterocycles. The van der Waals surface area contributed by atoms with Gasteiger partial charge in [0.05, 0.1) is 17.0 Å². The molecule has 10 heteroatoms. The number of thioether (sulfide) groups is 1. The summed E-state index contributed by atoms with van der Waals surface area (Å²) < 4.78 is 33.3. The second-order valence-corrected chi connectivity index (χ2v) is 13.2. The van der Waals surface area contributed by atoms with E-state index in [-0.39, 0.29) is 28.7 Å². The molecule has 2 heterocycles. The van der Waals surface area contributed by atoms with E-state index >= 15 is 0 Å². The summed E-state index contributed by atoms with van der Waals surface area (Å²) in [4.78, 5) is 20.2. The van der Waals surface area contributed by atoms with Crippen LogP contribution in [0.2, 0.25) is 0 Å². The average Bonchev–Trinajstić information content (AvgIpc) is 3.36. The fourth-order valence-electron chi connectivity index (χ4n) is 4.29. The summed E-state index contributed by atoms with van der Waals surface area (Å²) in [6.45, 7) is 7.74. The summed E-state index contributed by atoms with van der Waals surface area (Å²) >= 11 is 1.43. The molecule has 4 rings (SSSR count). The lowest BCUT2D eigenvalue weighted by Crippen LogP contribution is -2.36. The van der Waals surface area contributed by atoms with Gasteiger partial charge in [0.25, 0.3) is 5.91 Å². The molecule has 198 valence electrons. The number of benzene rings is 2. The third-order valence-electron chi connectivity index (χ3n) is 6.59. The molecule has 0 saturated carbocycles. The molecule has 0 spiro atoms. The Morgan fingerprint density at radius 3 is 2.38 bits per heavy atom. The van der Waals surface area contributed by atoms with E-state index in [1.165, 1.54) is 30.4 Å². The van der Waals surface area contributed by atoms with E-state index < -0.39 is 10.0 Å². The maximum atomic E-state index is 13.4. The smallest absolute Gasteiger partial charge is 0.255 e. The number of carbonyl (C=O) groups excluding carboxylic acids is 1. The van der Waals surface area contributed by atoms with Crippen molar-refractivity contribution < 1.29 is 17.7 Å². The first-order valence-electron chi connectivity index (χ1n) is 12.4. The number of likely N-dealkylation sites (tertiary alicyclic amines) is 1. The van der Waals surface area contributed by atoms with Crippen LogP contribution in [0.15, 0.2) is 56.8 Å². The first-order valence-corrected chi connectivity index (χ1v) is 15.0. The zero-order valence-electron chi connectivity index (χ0n) is 22.0. The van der Waals surface area contributed by atoms with Gasteiger partial charge >= 0.3 is 0 Å². The van der Waals surface area contributed by atoms with Crippen molar-refractivity contribution in [2.75, 3.05) is 26.4 Å². The van der Waals surface area contributed by atoms with E-state index in [1.807, 2.05) is 35.4 Å². The summed E-state index contributed by atoms with van der Waals surface area (Å²) in [5.41, 5.74) is 2.44. The zero-order chi connectivity index (χ0) is 26.8. The highest BCUT2D eigenvalue weighted by molar-refractivity contribution is 7.98. The van der Waals surface area contributed by atoms with E-state index in [1.54, 1.807) is 12.1 Å². The molecule has 1 amide bonds. The Balaban J connectivity index is 1.53. The Hall–Kier alpha value is -2.69. The maximum absolute atomic E-state index is 13.4. The van der Waals surface area contributed by atoms with Crippen molar-refractivity contribution in [3.05, 3.63) is 59.5 Å². The van der Waals surface area contributed by atoms with Gasteiger partial charge in [-0.05, 0) is 54.7 Å². The number of hydrogen-bond acceptors (Lipinski definition) is 7. The minimum Gasteiger partial charge on any atom is -0.339 e. The predicted octanol–water partition coefficient (Wildman–Crippen LogP) is 5.20. The van der Waals surface area contributed by atoms with Crippen molar-refractivity contribution in [3.63, 3.8) is 0 Å². The lowest BCUT2D eigenvalue weighted by atomic mass is 9.87. The Morgan fingerprint density at radius 1 is 1.08 bits per heavy atom. The molecule has 1 aliphatic rings. The predicted molar refractivity (Wildman–Crippen MR) is 145 cm³/mol. The molecule has 8 nitrogen and oxygen atoms in total. The highest BCUT2D eigenvalue weighted by atomic mass is 32.2. The van der Waals surface area contributed by atoms with Crippen LogP contribution in [-0.2, 0) is 22.0 Å². The monoisotopic (exact) mass is 542 g/mol. The van der Waals surface area contributed by atoms with Crippen LogP contribution in [0.3, 0.4) is 0 Å². The van der Waals surface area contributed by atoms with Gasteiger partial charge in [0.1, 0.15) is 0 Å². The second-order valence-electron chi connectivity index (χ2n) is 10.3. The molecule has 3 aromatic rings. The van der Waals surface area contributed by atoms with Crippen LogP contribution in [0.25, 0.3) is 11.4 Å². The molecule has 0 aliphatic carbocycles. The van der Waals surface area contributed by atoms with Gasteiger partial charge in [-0.2, -0.15) is 9.29 Å². The lowest BCUT2D eigenvalue weighted by molar-refractivity contribution is 0.0720. The van der Waals surface area contributed by atoms with Crippen LogP contribution < -0.4 is 0 Å². The normalized spacial score (nSPS) is 14.8. The van der Waals surface area contributed by atoms with Crippen LogP contribution in [0, 0.1) is 0 Å². The van der Waals surface area contributed by atoms with Crippen molar-refractivity contribution >= 4 is 27.7 Å². The molecule has 0 unspecified atom stereocenters. The minimum absolute atomic E-state index is 0.0320. The van der Waals surface area contributed by atoms with Crippen LogP contribution in [0.4, 0.5) is 0 Å². The van der Waals surface area contributed by atoms with Crippen LogP contribution in [0.5, 0.6) is 0 Å². The van der Waals surface area contributed by atoms with E-state index in [0.29, 0.717) is 24.5 Å². The van der Waals surface area contributed by atoms with Gasteiger partial charge in [0.2, 0.25) is 21.7 Å². The van der Waals surface area contributed by atoms with E-state index in [4.69, 9.17) is 4.52 Å². The number of piperidine rings is 1. The maximum Gasteiger partial charge on any atom is 0.255 e. The topological polar surface area (TPSA) is 96.6 Å². The Bertz CT molecular complexity index is 1360. The molecular weight excluding hydrogens is 508 g/mol. The number of nitrogens with zero attached hydrogens (tertiary/aromatic N) is 4. The van der Waals surface area contributed by atoms with Gasteiger partial charge in [-0.15, -0.1) is 11.8 Å². The lowest BCUT2D eigenvalue weighted by Gasteiger charge is -2.27. The van der Waals surface area contributed by atoms with Gasteiger partial charge in [-0.1, -0.05) is 50.2 Å². The Morgan fingerprint density at radius 2 is 1.76 bits per heavy atom. The van der Waals surface area contributed by atoms with Crippen molar-refractivity contribution in [2.24, 2.45) is 0 Å². The van der Waals surface area contributed by atoms with Crippen molar-refractivity contribution in [1.82, 2.24) is 19.3 Å². The van der Waals surface area contributed by atoms with Crippen molar-refractivity contribution in [1.29, 1.82) is 0 Å². The van der Waals surface area contributed by atoms with Gasteiger partial charge in [0.15, 0.2) is 0 Å². The van der Waals surface area contributed by atoms with Gasteiger partial charge in [-0.25, -0.2) is 8.42 Å². The van der Waals surface area contributed by atoms with Gasteiger partial charge < -0.3 is 9.42 Å². The summed E-state index contributed by atoms with van der Waals surface area (Å²) in [6.07, 6.45) is 4.92. The van der Waals surface area contributed by atoms with Crippen molar-refractivity contribution in [2.45, 2.75) is 61.8 Å². The van der Waals surface area contributed by atoms with Crippen LogP contribution in [-0.4, -0.2) is 60.1 Å². The van der Waals surface area contributed by atoms with E-state index in [9.17, 15) is 13.2 Å². The molecule has 0 N–H and O–H groups in total. The first-order chi connectivity index (χ1) is 17.5. The van der Waals surface area contributed by atoms with E-state index in [2.05, 4.69) is 30.9 Å². The molecule has 0 atom stereocenters. The second kappa shape index (κ2) is 11.0. The largest absolute Gasteiger partial charge is 0.339 e. The number of amides is 1. The van der Waals surface area contributed by atoms with Crippen molar-refractivity contribution in [3.8, 4) is 11.4 Å². The minimum atomic E-state index is -3.90. The average molecular weight is 543 g/mol. The highest BCUT2D eigenvalue weighted by Gasteiger charge is 2.27. The standard InChI is InChI=1S/C27H34N4O4S2/c1-27(2,3)20-11-9-19(10-12-20)25-28-24(35-29-25)18-30(4)37(33,34)21-13-14-23(36-5)22(17-21)26(32)31-15-7-6-8-16-31/h9-14,17H,6-8,15-16,18H2,1-5H3. The van der Waals surface area contributed by atoms with E-state index in [0.717, 1.165) is 34.0 Å². The third-order valence-corrected chi connectivity index (χ3v) is 9.18. The SMILES string of the molecule is CSc1ccc(S(=O)(=O)N(C)Cc2nc(-c3ccc(C(C)(C)C)cc3)no2)cc1C(=O)N1CCCCC1. The number of carbonyl (C=O) groups is 1. The van der Waals surface area contributed by atoms with Gasteiger partial charge in [0, 0.05) is 30.6 Å².